The van der Waals surface area contributed by atoms with Gasteiger partial charge in [0, 0.05) is 54.5 Å². The second-order valence-corrected chi connectivity index (χ2v) is 21.9. The van der Waals surface area contributed by atoms with Gasteiger partial charge in [0.2, 0.25) is 16.0 Å². The Kier molecular flexibility index (Phi) is 14.7. The lowest BCUT2D eigenvalue weighted by atomic mass is 9.90. The highest BCUT2D eigenvalue weighted by molar-refractivity contribution is 7.89. The molecule has 0 radical (unpaired) electrons. The maximum atomic E-state index is 14.7. The van der Waals surface area contributed by atoms with Gasteiger partial charge in [-0.25, -0.2) is 27.7 Å². The Balaban J connectivity index is 0.826. The summed E-state index contributed by atoms with van der Waals surface area (Å²) in [7, 11) is -4.11. The number of carbonyl (C=O) groups is 2. The van der Waals surface area contributed by atoms with Gasteiger partial charge in [0.1, 0.15) is 29.5 Å². The molecular weight excluding hydrogens is 1030 g/mol. The number of carbonyl (C=O) groups excluding carboxylic acids is 2. The van der Waals surface area contributed by atoms with Crippen molar-refractivity contribution < 1.29 is 40.7 Å². The number of ether oxygens (including phenoxy) is 2. The molecule has 0 saturated carbocycles. The molecule has 17 heteroatoms. The summed E-state index contributed by atoms with van der Waals surface area (Å²) in [6, 6.07) is 52.5. The largest absolute Gasteiger partial charge is 0.448 e. The van der Waals surface area contributed by atoms with E-state index >= 15 is 0 Å². The van der Waals surface area contributed by atoms with Crippen molar-refractivity contribution in [2.45, 2.75) is 68.1 Å². The molecule has 1 fully saturated rings. The standard InChI is InChI=1S/C62H56F3N7O6S/c1-39(2)70-79(75,76)57-27-12-11-26-56(57)68-58-55(62(63,64)65)34-66-59(69-58)67-43-30-28-40(29-31-43)35-72(61(74)78-38-54-51-24-9-5-20-47(51)48-21-6-10-25-52(48)54)44-17-13-15-41(33-44)42-16-14-32-71(36-42)60(73)77-37-53-49-22-7-3-18-45(49)46-19-4-8-23-50(46)53/h3-13,15,17-31,33-34,39,42,53-54,70H,14,16,32,35-38H2,1-2H3,(H2,66,67,68,69). The molecule has 2 aliphatic carbocycles. The lowest BCUT2D eigenvalue weighted by Gasteiger charge is -2.33. The lowest BCUT2D eigenvalue weighted by molar-refractivity contribution is -0.137. The van der Waals surface area contributed by atoms with E-state index in [2.05, 4.69) is 73.9 Å². The summed E-state index contributed by atoms with van der Waals surface area (Å²) in [5.41, 5.74) is 10.3. The van der Waals surface area contributed by atoms with Crippen LogP contribution in [0.4, 0.5) is 51.6 Å². The molecule has 1 unspecified atom stereocenters. The molecule has 1 atom stereocenters. The SMILES string of the molecule is CC(C)NS(=O)(=O)c1ccccc1Nc1nc(Nc2ccc(CN(C(=O)OCC3c4ccccc4-c4ccccc43)c3cccc(C4CCCN(C(=O)OCC5c6ccccc6-c6ccccc65)C4)c3)cc2)ncc1C(F)(F)F. The first-order chi connectivity index (χ1) is 38.2. The van der Waals surface area contributed by atoms with Crippen LogP contribution in [0.1, 0.15) is 83.4 Å². The summed E-state index contributed by atoms with van der Waals surface area (Å²) in [4.78, 5) is 39.7. The van der Waals surface area contributed by atoms with E-state index in [1.54, 1.807) is 47.9 Å². The number of amides is 2. The van der Waals surface area contributed by atoms with E-state index in [1.165, 1.54) is 24.3 Å². The van der Waals surface area contributed by atoms with E-state index in [0.717, 1.165) is 62.9 Å². The number of benzene rings is 7. The number of para-hydroxylation sites is 1. The number of nitrogens with one attached hydrogen (secondary N) is 3. The van der Waals surface area contributed by atoms with E-state index in [1.807, 2.05) is 72.8 Å². The van der Waals surface area contributed by atoms with Crippen LogP contribution in [0.15, 0.2) is 181 Å². The number of halogens is 3. The quantitative estimate of drug-likeness (QED) is 0.0903. The Morgan fingerprint density at radius 2 is 1.28 bits per heavy atom. The third-order valence-corrected chi connectivity index (χ3v) is 16.4. The van der Waals surface area contributed by atoms with Crippen LogP contribution in [0.25, 0.3) is 22.3 Å². The normalized spacial score (nSPS) is 15.0. The zero-order valence-corrected chi connectivity index (χ0v) is 44.1. The van der Waals surface area contributed by atoms with Crippen molar-refractivity contribution in [2.24, 2.45) is 0 Å². The lowest BCUT2D eigenvalue weighted by Crippen LogP contribution is -2.40. The number of piperidine rings is 1. The van der Waals surface area contributed by atoms with Crippen molar-refractivity contribution in [3.8, 4) is 22.3 Å². The molecule has 2 amide bonds. The van der Waals surface area contributed by atoms with E-state index in [9.17, 15) is 31.2 Å². The molecule has 8 aromatic rings. The highest BCUT2D eigenvalue weighted by Crippen LogP contribution is 2.46. The number of nitrogens with zero attached hydrogens (tertiary/aromatic N) is 4. The molecule has 0 bridgehead atoms. The highest BCUT2D eigenvalue weighted by Gasteiger charge is 2.37. The van der Waals surface area contributed by atoms with Crippen molar-refractivity contribution in [3.63, 3.8) is 0 Å². The number of anilines is 5. The Labute approximate surface area is 456 Å². The smallest absolute Gasteiger partial charge is 0.421 e. The molecule has 1 aliphatic heterocycles. The number of rotatable bonds is 15. The van der Waals surface area contributed by atoms with Gasteiger partial charge in [0.15, 0.2) is 0 Å². The predicted molar refractivity (Wildman–Crippen MR) is 298 cm³/mol. The Hall–Kier alpha value is -8.54. The van der Waals surface area contributed by atoms with Crippen LogP contribution in [0.2, 0.25) is 0 Å². The van der Waals surface area contributed by atoms with E-state index in [-0.39, 0.29) is 60.1 Å². The monoisotopic (exact) mass is 1080 g/mol. The Morgan fingerprint density at radius 3 is 1.87 bits per heavy atom. The summed E-state index contributed by atoms with van der Waals surface area (Å²) < 4.78 is 84.3. The molecule has 1 aromatic heterocycles. The van der Waals surface area contributed by atoms with Crippen molar-refractivity contribution in [2.75, 3.05) is 41.8 Å². The maximum Gasteiger partial charge on any atom is 0.421 e. The fourth-order valence-corrected chi connectivity index (χ4v) is 12.4. The van der Waals surface area contributed by atoms with Crippen LogP contribution in [-0.2, 0) is 32.2 Å². The molecule has 0 spiro atoms. The Morgan fingerprint density at radius 1 is 0.709 bits per heavy atom. The van der Waals surface area contributed by atoms with Gasteiger partial charge < -0.3 is 25.0 Å². The summed E-state index contributed by atoms with van der Waals surface area (Å²) in [5.74, 6) is -1.15. The molecule has 2 heterocycles. The van der Waals surface area contributed by atoms with Crippen molar-refractivity contribution in [3.05, 3.63) is 215 Å². The minimum atomic E-state index is -4.88. The van der Waals surface area contributed by atoms with Crippen LogP contribution >= 0.6 is 0 Å². The van der Waals surface area contributed by atoms with Crippen molar-refractivity contribution >= 4 is 51.0 Å². The average molecular weight is 1080 g/mol. The molecule has 3 aliphatic rings. The molecular formula is C62H56F3N7O6S. The second kappa shape index (κ2) is 22.1. The van der Waals surface area contributed by atoms with Gasteiger partial charge in [-0.2, -0.15) is 18.2 Å². The first-order valence-electron chi connectivity index (χ1n) is 26.2. The topological polar surface area (TPSA) is 155 Å². The second-order valence-electron chi connectivity index (χ2n) is 20.2. The van der Waals surface area contributed by atoms with Crippen LogP contribution in [-0.4, -0.2) is 67.8 Å². The van der Waals surface area contributed by atoms with Gasteiger partial charge in [-0.05, 0) is 119 Å². The number of alkyl halides is 3. The average Bonchev–Trinajstić information content (AvgIpc) is 4.20. The number of likely N-dealkylation sites (tertiary alicyclic amines) is 1. The fourth-order valence-electron chi connectivity index (χ4n) is 11.0. The summed E-state index contributed by atoms with van der Waals surface area (Å²) in [6.45, 7) is 4.65. The summed E-state index contributed by atoms with van der Waals surface area (Å²) in [5, 5.41) is 5.56. The highest BCUT2D eigenvalue weighted by atomic mass is 32.2. The van der Waals surface area contributed by atoms with Gasteiger partial charge in [-0.15, -0.1) is 0 Å². The third-order valence-electron chi connectivity index (χ3n) is 14.7. The minimum absolute atomic E-state index is 0.0447. The Bertz CT molecular complexity index is 3600. The van der Waals surface area contributed by atoms with Crippen LogP contribution in [0.5, 0.6) is 0 Å². The number of hydrogen-bond acceptors (Lipinski definition) is 10. The van der Waals surface area contributed by atoms with Crippen LogP contribution in [0, 0.1) is 0 Å². The fraction of sp³-hybridized carbons (Fsp3) is 0.226. The zero-order chi connectivity index (χ0) is 54.8. The van der Waals surface area contributed by atoms with Gasteiger partial charge in [-0.1, -0.05) is 133 Å². The molecule has 1 saturated heterocycles. The number of fused-ring (bicyclic) bond motifs is 6. The molecule has 7 aromatic carbocycles. The summed E-state index contributed by atoms with van der Waals surface area (Å²) >= 11 is 0. The van der Waals surface area contributed by atoms with Gasteiger partial charge >= 0.3 is 18.4 Å². The van der Waals surface area contributed by atoms with Gasteiger partial charge in [-0.3, -0.25) is 4.90 Å². The van der Waals surface area contributed by atoms with E-state index in [0.29, 0.717) is 36.2 Å². The van der Waals surface area contributed by atoms with Crippen molar-refractivity contribution in [1.29, 1.82) is 0 Å². The molecule has 3 N–H and O–H groups in total. The third kappa shape index (κ3) is 11.1. The number of sulfonamides is 1. The predicted octanol–water partition coefficient (Wildman–Crippen LogP) is 13.8. The minimum Gasteiger partial charge on any atom is -0.448 e. The maximum absolute atomic E-state index is 14.7. The van der Waals surface area contributed by atoms with Crippen LogP contribution in [0.3, 0.4) is 0 Å². The van der Waals surface area contributed by atoms with E-state index in [4.69, 9.17) is 9.47 Å². The molecule has 11 rings (SSSR count). The zero-order valence-electron chi connectivity index (χ0n) is 43.3. The first-order valence-corrected chi connectivity index (χ1v) is 27.7. The number of aromatic nitrogens is 2. The van der Waals surface area contributed by atoms with Crippen molar-refractivity contribution in [1.82, 2.24) is 19.6 Å². The first kappa shape index (κ1) is 52.5. The molecule has 79 heavy (non-hydrogen) atoms. The molecule has 13 nitrogen and oxygen atoms in total. The van der Waals surface area contributed by atoms with Gasteiger partial charge in [0.05, 0.1) is 12.2 Å². The van der Waals surface area contributed by atoms with Crippen LogP contribution < -0.4 is 20.3 Å². The van der Waals surface area contributed by atoms with Gasteiger partial charge in [0.25, 0.3) is 0 Å². The summed E-state index contributed by atoms with van der Waals surface area (Å²) in [6.07, 6.45) is -3.61. The van der Waals surface area contributed by atoms with E-state index < -0.39 is 39.7 Å². The number of hydrogen-bond donors (Lipinski definition) is 3. The molecule has 402 valence electrons.